The van der Waals surface area contributed by atoms with Crippen molar-refractivity contribution in [3.63, 3.8) is 0 Å². The molecule has 5 heteroatoms. The van der Waals surface area contributed by atoms with Crippen LogP contribution in [-0.4, -0.2) is 21.1 Å². The molecule has 1 aliphatic rings. The van der Waals surface area contributed by atoms with Gasteiger partial charge in [-0.15, -0.1) is 11.6 Å². The summed E-state index contributed by atoms with van der Waals surface area (Å²) in [5, 5.41) is 0.710. The molecule has 1 saturated heterocycles. The minimum absolute atomic E-state index is 0.437. The summed E-state index contributed by atoms with van der Waals surface area (Å²) < 4.78 is 2.26. The van der Waals surface area contributed by atoms with Crippen molar-refractivity contribution in [1.82, 2.24) is 9.55 Å². The summed E-state index contributed by atoms with van der Waals surface area (Å²) in [6.07, 6.45) is 2.57. The fourth-order valence-electron chi connectivity index (χ4n) is 2.65. The number of hydrogen-bond donors (Lipinski definition) is 0. The SMILES string of the molecule is ClCc1nc2c(Cl)cccc2n1CC1CCSCC1. The van der Waals surface area contributed by atoms with Crippen LogP contribution in [0.1, 0.15) is 18.7 Å². The number of nitrogens with zero attached hydrogens (tertiary/aromatic N) is 2. The Bertz CT molecular complexity index is 576. The number of imidazole rings is 1. The maximum absolute atomic E-state index is 6.22. The molecule has 0 aliphatic carbocycles. The van der Waals surface area contributed by atoms with Crippen LogP contribution < -0.4 is 0 Å². The number of benzene rings is 1. The van der Waals surface area contributed by atoms with E-state index in [0.717, 1.165) is 29.3 Å². The van der Waals surface area contributed by atoms with E-state index in [9.17, 15) is 0 Å². The molecule has 2 aromatic rings. The summed E-state index contributed by atoms with van der Waals surface area (Å²) in [4.78, 5) is 4.59. The molecule has 102 valence electrons. The topological polar surface area (TPSA) is 17.8 Å². The van der Waals surface area contributed by atoms with E-state index in [1.165, 1.54) is 24.3 Å². The van der Waals surface area contributed by atoms with E-state index >= 15 is 0 Å². The highest BCUT2D eigenvalue weighted by Crippen LogP contribution is 2.29. The van der Waals surface area contributed by atoms with E-state index in [-0.39, 0.29) is 0 Å². The number of alkyl halides is 1. The second-order valence-corrected chi connectivity index (χ2v) is 6.83. The molecule has 0 unspecified atom stereocenters. The molecule has 3 rings (SSSR count). The van der Waals surface area contributed by atoms with E-state index in [4.69, 9.17) is 23.2 Å². The molecule has 1 aromatic heterocycles. The third-order valence-corrected chi connectivity index (χ3v) is 5.30. The molecule has 0 amide bonds. The van der Waals surface area contributed by atoms with Crippen LogP contribution in [0.3, 0.4) is 0 Å². The lowest BCUT2D eigenvalue weighted by Crippen LogP contribution is -2.17. The molecule has 19 heavy (non-hydrogen) atoms. The molecular weight excluding hydrogens is 299 g/mol. The molecule has 0 spiro atoms. The van der Waals surface area contributed by atoms with Crippen LogP contribution in [0.5, 0.6) is 0 Å². The van der Waals surface area contributed by atoms with Crippen molar-refractivity contribution in [2.75, 3.05) is 11.5 Å². The van der Waals surface area contributed by atoms with Crippen molar-refractivity contribution in [2.24, 2.45) is 5.92 Å². The Morgan fingerprint density at radius 2 is 2.11 bits per heavy atom. The van der Waals surface area contributed by atoms with E-state index in [2.05, 4.69) is 27.4 Å². The molecule has 2 heterocycles. The number of halogens is 2. The van der Waals surface area contributed by atoms with Gasteiger partial charge in [-0.1, -0.05) is 17.7 Å². The van der Waals surface area contributed by atoms with Crippen molar-refractivity contribution in [3.05, 3.63) is 29.0 Å². The van der Waals surface area contributed by atoms with Crippen LogP contribution in [0, 0.1) is 5.92 Å². The molecule has 1 aromatic carbocycles. The predicted octanol–water partition coefficient (Wildman–Crippen LogP) is 4.57. The van der Waals surface area contributed by atoms with Crippen molar-refractivity contribution in [2.45, 2.75) is 25.3 Å². The van der Waals surface area contributed by atoms with Crippen LogP contribution in [0.2, 0.25) is 5.02 Å². The fourth-order valence-corrected chi connectivity index (χ4v) is 4.27. The molecule has 0 atom stereocenters. The first kappa shape index (κ1) is 13.6. The number of fused-ring (bicyclic) bond motifs is 1. The van der Waals surface area contributed by atoms with Crippen LogP contribution >= 0.6 is 35.0 Å². The molecule has 2 nitrogen and oxygen atoms in total. The minimum Gasteiger partial charge on any atom is -0.327 e. The smallest absolute Gasteiger partial charge is 0.124 e. The standard InChI is InChI=1S/C14H16Cl2N2S/c15-8-13-17-14-11(16)2-1-3-12(14)18(13)9-10-4-6-19-7-5-10/h1-3,10H,4-9H2. The van der Waals surface area contributed by atoms with Gasteiger partial charge in [0.2, 0.25) is 0 Å². The number of hydrogen-bond acceptors (Lipinski definition) is 2. The Hall–Kier alpha value is -0.380. The Kier molecular flexibility index (Phi) is 4.25. The summed E-state index contributed by atoms with van der Waals surface area (Å²) in [5.41, 5.74) is 1.99. The zero-order chi connectivity index (χ0) is 13.2. The van der Waals surface area contributed by atoms with Crippen LogP contribution in [0.4, 0.5) is 0 Å². The van der Waals surface area contributed by atoms with Crippen molar-refractivity contribution < 1.29 is 0 Å². The largest absolute Gasteiger partial charge is 0.327 e. The minimum atomic E-state index is 0.437. The van der Waals surface area contributed by atoms with Gasteiger partial charge < -0.3 is 4.57 Å². The second kappa shape index (κ2) is 5.94. The molecule has 0 N–H and O–H groups in total. The van der Waals surface area contributed by atoms with E-state index in [1.807, 2.05) is 12.1 Å². The van der Waals surface area contributed by atoms with Crippen molar-refractivity contribution in [3.8, 4) is 0 Å². The molecule has 0 radical (unpaired) electrons. The lowest BCUT2D eigenvalue weighted by atomic mass is 10.0. The van der Waals surface area contributed by atoms with Gasteiger partial charge in [-0.25, -0.2) is 4.98 Å². The Labute approximate surface area is 127 Å². The highest BCUT2D eigenvalue weighted by atomic mass is 35.5. The number of thioether (sulfide) groups is 1. The monoisotopic (exact) mass is 314 g/mol. The van der Waals surface area contributed by atoms with Crippen LogP contribution in [0.15, 0.2) is 18.2 Å². The third kappa shape index (κ3) is 2.74. The van der Waals surface area contributed by atoms with Crippen LogP contribution in [0.25, 0.3) is 11.0 Å². The first-order valence-electron chi connectivity index (χ1n) is 6.57. The number of aromatic nitrogens is 2. The zero-order valence-electron chi connectivity index (χ0n) is 10.6. The fraction of sp³-hybridized carbons (Fsp3) is 0.500. The van der Waals surface area contributed by atoms with E-state index < -0.39 is 0 Å². The molecule has 0 bridgehead atoms. The summed E-state index contributed by atoms with van der Waals surface area (Å²) in [6, 6.07) is 5.95. The normalized spacial score (nSPS) is 17.2. The lowest BCUT2D eigenvalue weighted by Gasteiger charge is -2.22. The summed E-state index contributed by atoms with van der Waals surface area (Å²) in [6.45, 7) is 1.01. The molecule has 1 aliphatic heterocycles. The van der Waals surface area contributed by atoms with Gasteiger partial charge >= 0.3 is 0 Å². The Balaban J connectivity index is 1.98. The predicted molar refractivity (Wildman–Crippen MR) is 84.3 cm³/mol. The highest BCUT2D eigenvalue weighted by molar-refractivity contribution is 7.99. The summed E-state index contributed by atoms with van der Waals surface area (Å²) in [5.74, 6) is 4.65. The van der Waals surface area contributed by atoms with E-state index in [1.54, 1.807) is 0 Å². The first-order valence-corrected chi connectivity index (χ1v) is 8.63. The summed E-state index contributed by atoms with van der Waals surface area (Å²) >= 11 is 14.3. The molecule has 1 fully saturated rings. The van der Waals surface area contributed by atoms with Crippen molar-refractivity contribution in [1.29, 1.82) is 0 Å². The third-order valence-electron chi connectivity index (χ3n) is 3.71. The zero-order valence-corrected chi connectivity index (χ0v) is 12.9. The maximum Gasteiger partial charge on any atom is 0.124 e. The van der Waals surface area contributed by atoms with Gasteiger partial charge in [-0.3, -0.25) is 0 Å². The first-order chi connectivity index (χ1) is 9.29. The van der Waals surface area contributed by atoms with Gasteiger partial charge in [-0.05, 0) is 42.4 Å². The van der Waals surface area contributed by atoms with Gasteiger partial charge in [0.1, 0.15) is 11.3 Å². The lowest BCUT2D eigenvalue weighted by molar-refractivity contribution is 0.417. The van der Waals surface area contributed by atoms with Gasteiger partial charge in [0.15, 0.2) is 0 Å². The average Bonchev–Trinajstić information content (AvgIpc) is 2.80. The maximum atomic E-state index is 6.22. The van der Waals surface area contributed by atoms with Crippen LogP contribution in [-0.2, 0) is 12.4 Å². The van der Waals surface area contributed by atoms with Gasteiger partial charge in [0, 0.05) is 6.54 Å². The van der Waals surface area contributed by atoms with Gasteiger partial charge in [0.25, 0.3) is 0 Å². The summed E-state index contributed by atoms with van der Waals surface area (Å²) in [7, 11) is 0. The Morgan fingerprint density at radius 3 is 2.84 bits per heavy atom. The van der Waals surface area contributed by atoms with Crippen molar-refractivity contribution >= 4 is 46.0 Å². The van der Waals surface area contributed by atoms with Gasteiger partial charge in [0.05, 0.1) is 16.4 Å². The average molecular weight is 315 g/mol. The molecular formula is C14H16Cl2N2S. The quantitative estimate of drug-likeness (QED) is 0.772. The second-order valence-electron chi connectivity index (χ2n) is 4.94. The number of para-hydroxylation sites is 1. The number of rotatable bonds is 3. The Morgan fingerprint density at radius 1 is 1.32 bits per heavy atom. The van der Waals surface area contributed by atoms with E-state index in [0.29, 0.717) is 10.9 Å². The molecule has 0 saturated carbocycles. The van der Waals surface area contributed by atoms with Gasteiger partial charge in [-0.2, -0.15) is 11.8 Å². The highest BCUT2D eigenvalue weighted by Gasteiger charge is 2.18.